The molecule has 0 aliphatic carbocycles. The number of hydrogen-bond acceptors (Lipinski definition) is 5. The van der Waals surface area contributed by atoms with E-state index in [1.807, 2.05) is 18.2 Å². The van der Waals surface area contributed by atoms with Crippen LogP contribution in [0.1, 0.15) is 31.1 Å². The Kier molecular flexibility index (Phi) is 5.13. The normalized spacial score (nSPS) is 11.0. The molecule has 0 spiro atoms. The SMILES string of the molecule is CC(C)(C)OC(=O)Nc1cncn(C(=O)Cc2ccccc2)c1=O. The van der Waals surface area contributed by atoms with Gasteiger partial charge in [-0.05, 0) is 26.3 Å². The van der Waals surface area contributed by atoms with Gasteiger partial charge in [0.1, 0.15) is 17.6 Å². The molecule has 24 heavy (non-hydrogen) atoms. The van der Waals surface area contributed by atoms with E-state index in [1.165, 1.54) is 6.20 Å². The summed E-state index contributed by atoms with van der Waals surface area (Å²) in [5.74, 6) is -0.438. The number of anilines is 1. The molecule has 1 aromatic heterocycles. The van der Waals surface area contributed by atoms with Crippen molar-refractivity contribution in [1.29, 1.82) is 0 Å². The van der Waals surface area contributed by atoms with Gasteiger partial charge in [-0.1, -0.05) is 30.3 Å². The molecule has 1 N–H and O–H groups in total. The number of carbonyl (C=O) groups excluding carboxylic acids is 2. The van der Waals surface area contributed by atoms with Crippen LogP contribution in [0.2, 0.25) is 0 Å². The first-order chi connectivity index (χ1) is 11.3. The average molecular weight is 329 g/mol. The summed E-state index contributed by atoms with van der Waals surface area (Å²) < 4.78 is 5.96. The lowest BCUT2D eigenvalue weighted by Crippen LogP contribution is -2.33. The second-order valence-electron chi connectivity index (χ2n) is 6.17. The van der Waals surface area contributed by atoms with Crippen molar-refractivity contribution in [3.63, 3.8) is 0 Å². The Hall–Kier alpha value is -2.96. The van der Waals surface area contributed by atoms with Gasteiger partial charge in [-0.2, -0.15) is 0 Å². The van der Waals surface area contributed by atoms with E-state index in [4.69, 9.17) is 4.74 Å². The first-order valence-corrected chi connectivity index (χ1v) is 7.40. The van der Waals surface area contributed by atoms with Crippen LogP contribution in [0, 0.1) is 0 Å². The quantitative estimate of drug-likeness (QED) is 0.934. The smallest absolute Gasteiger partial charge is 0.412 e. The number of nitrogens with one attached hydrogen (secondary N) is 1. The standard InChI is InChI=1S/C17H19N3O4/c1-17(2,3)24-16(23)19-13-10-18-11-20(15(13)22)14(21)9-12-7-5-4-6-8-12/h4-8,10-11H,9H2,1-3H3,(H,19,23). The molecule has 0 aliphatic rings. The van der Waals surface area contributed by atoms with Gasteiger partial charge in [-0.3, -0.25) is 14.9 Å². The van der Waals surface area contributed by atoms with Crippen LogP contribution in [0.15, 0.2) is 47.7 Å². The van der Waals surface area contributed by atoms with E-state index in [-0.39, 0.29) is 12.1 Å². The first kappa shape index (κ1) is 17.4. The Bertz CT molecular complexity index is 791. The van der Waals surface area contributed by atoms with Crippen molar-refractivity contribution in [3.05, 3.63) is 58.8 Å². The van der Waals surface area contributed by atoms with Gasteiger partial charge in [0.15, 0.2) is 0 Å². The van der Waals surface area contributed by atoms with Crippen molar-refractivity contribution in [2.24, 2.45) is 0 Å². The Morgan fingerprint density at radius 1 is 1.21 bits per heavy atom. The highest BCUT2D eigenvalue weighted by Crippen LogP contribution is 2.09. The third-order valence-electron chi connectivity index (χ3n) is 2.94. The Labute approximate surface area is 139 Å². The highest BCUT2D eigenvalue weighted by Gasteiger charge is 2.18. The Balaban J connectivity index is 2.17. The van der Waals surface area contributed by atoms with Crippen molar-refractivity contribution < 1.29 is 14.3 Å². The average Bonchev–Trinajstić information content (AvgIpc) is 2.48. The van der Waals surface area contributed by atoms with Crippen LogP contribution < -0.4 is 10.9 Å². The van der Waals surface area contributed by atoms with Gasteiger partial charge >= 0.3 is 6.09 Å². The number of amides is 1. The lowest BCUT2D eigenvalue weighted by molar-refractivity contribution is 0.0634. The van der Waals surface area contributed by atoms with Crippen molar-refractivity contribution in [2.75, 3.05) is 5.32 Å². The fourth-order valence-corrected chi connectivity index (χ4v) is 1.94. The predicted molar refractivity (Wildman–Crippen MR) is 89.1 cm³/mol. The summed E-state index contributed by atoms with van der Waals surface area (Å²) in [5, 5.41) is 2.32. The molecule has 0 atom stereocenters. The van der Waals surface area contributed by atoms with Gasteiger partial charge < -0.3 is 4.74 Å². The van der Waals surface area contributed by atoms with E-state index < -0.39 is 23.2 Å². The summed E-state index contributed by atoms with van der Waals surface area (Å²) in [7, 11) is 0. The molecule has 0 saturated heterocycles. The molecule has 2 aromatic rings. The van der Waals surface area contributed by atoms with Crippen molar-refractivity contribution in [2.45, 2.75) is 32.8 Å². The van der Waals surface area contributed by atoms with E-state index in [0.717, 1.165) is 16.5 Å². The summed E-state index contributed by atoms with van der Waals surface area (Å²) in [6, 6.07) is 9.04. The minimum atomic E-state index is -0.783. The molecule has 0 fully saturated rings. The maximum absolute atomic E-state index is 12.3. The highest BCUT2D eigenvalue weighted by molar-refractivity contribution is 5.86. The molecule has 126 valence electrons. The van der Waals surface area contributed by atoms with Crippen LogP contribution in [0.3, 0.4) is 0 Å². The number of carbonyl (C=O) groups is 2. The second kappa shape index (κ2) is 7.08. The third kappa shape index (κ3) is 4.77. The summed E-state index contributed by atoms with van der Waals surface area (Å²) in [4.78, 5) is 40.2. The van der Waals surface area contributed by atoms with E-state index >= 15 is 0 Å². The van der Waals surface area contributed by atoms with Crippen LogP contribution in [-0.2, 0) is 11.2 Å². The Morgan fingerprint density at radius 3 is 2.50 bits per heavy atom. The van der Waals surface area contributed by atoms with Crippen LogP contribution >= 0.6 is 0 Å². The molecule has 0 radical (unpaired) electrons. The van der Waals surface area contributed by atoms with Crippen molar-refractivity contribution in [3.8, 4) is 0 Å². The zero-order valence-corrected chi connectivity index (χ0v) is 13.8. The minimum absolute atomic E-state index is 0.0539. The van der Waals surface area contributed by atoms with Crippen LogP contribution in [0.4, 0.5) is 10.5 Å². The van der Waals surface area contributed by atoms with Crippen LogP contribution in [0.5, 0.6) is 0 Å². The second-order valence-corrected chi connectivity index (χ2v) is 6.17. The minimum Gasteiger partial charge on any atom is -0.444 e. The molecule has 1 amide bonds. The molecular formula is C17H19N3O4. The topological polar surface area (TPSA) is 90.3 Å². The number of rotatable bonds is 3. The summed E-state index contributed by atoms with van der Waals surface area (Å²) >= 11 is 0. The maximum Gasteiger partial charge on any atom is 0.412 e. The molecule has 0 saturated carbocycles. The third-order valence-corrected chi connectivity index (χ3v) is 2.94. The summed E-state index contributed by atoms with van der Waals surface area (Å²) in [6.07, 6.45) is 1.58. The zero-order chi connectivity index (χ0) is 17.7. The highest BCUT2D eigenvalue weighted by atomic mass is 16.6. The van der Waals surface area contributed by atoms with Gasteiger partial charge in [-0.15, -0.1) is 0 Å². The van der Waals surface area contributed by atoms with Gasteiger partial charge in [0, 0.05) is 0 Å². The lowest BCUT2D eigenvalue weighted by atomic mass is 10.1. The fourth-order valence-electron chi connectivity index (χ4n) is 1.94. The van der Waals surface area contributed by atoms with Crippen LogP contribution in [-0.4, -0.2) is 27.2 Å². The molecule has 0 unspecified atom stereocenters. The number of hydrogen-bond donors (Lipinski definition) is 1. The summed E-state index contributed by atoms with van der Waals surface area (Å²) in [5.41, 5.74) is -0.695. The van der Waals surface area contributed by atoms with E-state index in [0.29, 0.717) is 0 Å². The monoisotopic (exact) mass is 329 g/mol. The molecule has 1 aromatic carbocycles. The van der Waals surface area contributed by atoms with E-state index in [1.54, 1.807) is 32.9 Å². The summed E-state index contributed by atoms with van der Waals surface area (Å²) in [6.45, 7) is 5.12. The van der Waals surface area contributed by atoms with Crippen molar-refractivity contribution >= 4 is 17.7 Å². The first-order valence-electron chi connectivity index (χ1n) is 7.40. The Morgan fingerprint density at radius 2 is 1.88 bits per heavy atom. The van der Waals surface area contributed by atoms with E-state index in [9.17, 15) is 14.4 Å². The van der Waals surface area contributed by atoms with Crippen molar-refractivity contribution in [1.82, 2.24) is 9.55 Å². The number of nitrogens with zero attached hydrogens (tertiary/aromatic N) is 2. The van der Waals surface area contributed by atoms with Crippen LogP contribution in [0.25, 0.3) is 0 Å². The fraction of sp³-hybridized carbons (Fsp3) is 0.294. The molecule has 7 nitrogen and oxygen atoms in total. The molecule has 1 heterocycles. The van der Waals surface area contributed by atoms with Gasteiger partial charge in [0.05, 0.1) is 12.6 Å². The number of ether oxygens (including phenoxy) is 1. The lowest BCUT2D eigenvalue weighted by Gasteiger charge is -2.19. The molecule has 0 bridgehead atoms. The van der Waals surface area contributed by atoms with Gasteiger partial charge in [-0.25, -0.2) is 14.3 Å². The van der Waals surface area contributed by atoms with Gasteiger partial charge in [0.2, 0.25) is 5.91 Å². The molecule has 2 rings (SSSR count). The number of aromatic nitrogens is 2. The maximum atomic E-state index is 12.3. The molecular weight excluding hydrogens is 310 g/mol. The van der Waals surface area contributed by atoms with Gasteiger partial charge in [0.25, 0.3) is 5.56 Å². The zero-order valence-electron chi connectivity index (χ0n) is 13.8. The molecule has 7 heteroatoms. The largest absolute Gasteiger partial charge is 0.444 e. The van der Waals surface area contributed by atoms with E-state index in [2.05, 4.69) is 10.3 Å². The molecule has 0 aliphatic heterocycles. The number of benzene rings is 1. The predicted octanol–water partition coefficient (Wildman–Crippen LogP) is 2.47.